The summed E-state index contributed by atoms with van der Waals surface area (Å²) in [5.74, 6) is 0. The van der Waals surface area contributed by atoms with Crippen LogP contribution in [0.4, 0.5) is 17.6 Å². The molecule has 0 nitrogen and oxygen atoms in total. The van der Waals surface area contributed by atoms with E-state index in [1.165, 1.54) is 0 Å². The highest BCUT2D eigenvalue weighted by Gasteiger charge is 2.58. The van der Waals surface area contributed by atoms with Gasteiger partial charge in [0.1, 0.15) is 4.29 Å². The van der Waals surface area contributed by atoms with Crippen molar-refractivity contribution >= 4 is 43.5 Å². The van der Waals surface area contributed by atoms with E-state index >= 15 is 0 Å². The third kappa shape index (κ3) is 2.23. The Bertz CT molecular complexity index is 120. The average molecular weight is 308 g/mol. The van der Waals surface area contributed by atoms with E-state index in [1.54, 1.807) is 15.9 Å². The molecule has 7 heteroatoms. The summed E-state index contributed by atoms with van der Waals surface area (Å²) < 4.78 is 41.6. The van der Waals surface area contributed by atoms with Gasteiger partial charge in [0.25, 0.3) is 4.58 Å². The quantitative estimate of drug-likeness (QED) is 0.513. The molecular formula is C3HBr2ClF4. The minimum atomic E-state index is -5.01. The first-order valence-electron chi connectivity index (χ1n) is 1.92. The second-order valence-electron chi connectivity index (χ2n) is 1.42. The molecular weight excluding hydrogens is 307 g/mol. The number of hydrogen-bond donors (Lipinski definition) is 0. The Morgan fingerprint density at radius 2 is 1.50 bits per heavy atom. The molecule has 0 aromatic heterocycles. The van der Waals surface area contributed by atoms with Gasteiger partial charge >= 0.3 is 6.18 Å². The van der Waals surface area contributed by atoms with Gasteiger partial charge in [-0.05, 0) is 15.9 Å². The van der Waals surface area contributed by atoms with E-state index in [1.807, 2.05) is 0 Å². The molecule has 0 N–H and O–H groups in total. The van der Waals surface area contributed by atoms with Gasteiger partial charge in [0.05, 0.1) is 0 Å². The van der Waals surface area contributed by atoms with E-state index in [2.05, 4.69) is 15.9 Å². The Hall–Kier alpha value is 0.970. The predicted octanol–water partition coefficient (Wildman–Crippen LogP) is 3.57. The lowest BCUT2D eigenvalue weighted by atomic mass is 10.4. The minimum Gasteiger partial charge on any atom is -0.218 e. The van der Waals surface area contributed by atoms with Crippen LogP contribution in [0, 0.1) is 0 Å². The van der Waals surface area contributed by atoms with Crippen molar-refractivity contribution in [3.63, 3.8) is 0 Å². The van der Waals surface area contributed by atoms with E-state index in [0.29, 0.717) is 0 Å². The van der Waals surface area contributed by atoms with Crippen molar-refractivity contribution in [1.29, 1.82) is 0 Å². The summed E-state index contributed by atoms with van der Waals surface area (Å²) in [6, 6.07) is 0. The van der Waals surface area contributed by atoms with Crippen LogP contribution in [-0.2, 0) is 0 Å². The van der Waals surface area contributed by atoms with Crippen LogP contribution in [-0.4, -0.2) is 15.0 Å². The first-order chi connectivity index (χ1) is 4.19. The Morgan fingerprint density at radius 1 is 1.20 bits per heavy atom. The molecule has 0 heterocycles. The second-order valence-corrected chi connectivity index (χ2v) is 4.45. The maximum atomic E-state index is 12.3. The number of halogens is 7. The molecule has 0 bridgehead atoms. The summed E-state index contributed by atoms with van der Waals surface area (Å²) in [6.45, 7) is 0. The molecule has 0 saturated carbocycles. The SMILES string of the molecule is FC(F)(F)C(F)(Br)C(Cl)Br. The van der Waals surface area contributed by atoms with Crippen molar-refractivity contribution in [2.75, 3.05) is 0 Å². The van der Waals surface area contributed by atoms with Gasteiger partial charge in [0.15, 0.2) is 0 Å². The molecule has 0 rings (SSSR count). The highest BCUT2D eigenvalue weighted by atomic mass is 79.9. The van der Waals surface area contributed by atoms with Crippen LogP contribution < -0.4 is 0 Å². The van der Waals surface area contributed by atoms with E-state index in [4.69, 9.17) is 11.6 Å². The standard InChI is InChI=1S/C3HBr2ClF4/c4-1(6)2(5,7)3(8,9)10/h1H. The Morgan fingerprint density at radius 3 is 1.50 bits per heavy atom. The molecule has 62 valence electrons. The Balaban J connectivity index is 4.40. The summed E-state index contributed by atoms with van der Waals surface area (Å²) in [4.78, 5) is 0. The zero-order valence-corrected chi connectivity index (χ0v) is 8.15. The van der Waals surface area contributed by atoms with Crippen molar-refractivity contribution in [2.45, 2.75) is 15.0 Å². The van der Waals surface area contributed by atoms with Crippen molar-refractivity contribution in [3.8, 4) is 0 Å². The smallest absolute Gasteiger partial charge is 0.218 e. The van der Waals surface area contributed by atoms with Crippen LogP contribution in [0.3, 0.4) is 0 Å². The van der Waals surface area contributed by atoms with Crippen molar-refractivity contribution in [1.82, 2.24) is 0 Å². The van der Waals surface area contributed by atoms with Crippen LogP contribution >= 0.6 is 43.5 Å². The predicted molar refractivity (Wildman–Crippen MR) is 37.4 cm³/mol. The van der Waals surface area contributed by atoms with Crippen LogP contribution in [0.5, 0.6) is 0 Å². The highest BCUT2D eigenvalue weighted by Crippen LogP contribution is 2.45. The van der Waals surface area contributed by atoms with E-state index in [9.17, 15) is 17.6 Å². The molecule has 0 radical (unpaired) electrons. The maximum absolute atomic E-state index is 12.3. The second kappa shape index (κ2) is 3.15. The summed E-state index contributed by atoms with van der Waals surface area (Å²) in [5, 5.41) is 0. The van der Waals surface area contributed by atoms with Gasteiger partial charge < -0.3 is 0 Å². The maximum Gasteiger partial charge on any atom is 0.435 e. The van der Waals surface area contributed by atoms with Gasteiger partial charge in [-0.25, -0.2) is 4.39 Å². The lowest BCUT2D eigenvalue weighted by Gasteiger charge is -2.22. The van der Waals surface area contributed by atoms with Gasteiger partial charge in [0.2, 0.25) is 0 Å². The molecule has 0 aliphatic rings. The molecule has 0 saturated heterocycles. The fraction of sp³-hybridized carbons (Fsp3) is 1.00. The molecule has 0 amide bonds. The molecule has 0 fully saturated rings. The first-order valence-corrected chi connectivity index (χ1v) is 4.07. The van der Waals surface area contributed by atoms with Crippen LogP contribution in [0.1, 0.15) is 0 Å². The van der Waals surface area contributed by atoms with Crippen molar-refractivity contribution in [2.24, 2.45) is 0 Å². The van der Waals surface area contributed by atoms with E-state index in [0.717, 1.165) is 0 Å². The summed E-state index contributed by atoms with van der Waals surface area (Å²) in [7, 11) is 0. The largest absolute Gasteiger partial charge is 0.435 e. The number of rotatable bonds is 1. The van der Waals surface area contributed by atoms with Crippen LogP contribution in [0.25, 0.3) is 0 Å². The Kier molecular flexibility index (Phi) is 3.45. The van der Waals surface area contributed by atoms with Crippen molar-refractivity contribution < 1.29 is 17.6 Å². The molecule has 10 heavy (non-hydrogen) atoms. The fourth-order valence-corrected chi connectivity index (χ4v) is 0.507. The molecule has 0 aromatic rings. The normalized spacial score (nSPS) is 21.9. The average Bonchev–Trinajstić information content (AvgIpc) is 1.62. The lowest BCUT2D eigenvalue weighted by Crippen LogP contribution is -2.40. The van der Waals surface area contributed by atoms with Crippen molar-refractivity contribution in [3.05, 3.63) is 0 Å². The van der Waals surface area contributed by atoms with Gasteiger partial charge in [0, 0.05) is 0 Å². The van der Waals surface area contributed by atoms with Gasteiger partial charge in [-0.2, -0.15) is 13.2 Å². The van der Waals surface area contributed by atoms with Gasteiger partial charge in [-0.3, -0.25) is 0 Å². The summed E-state index contributed by atoms with van der Waals surface area (Å²) in [6.07, 6.45) is -5.01. The van der Waals surface area contributed by atoms with E-state index < -0.39 is 15.0 Å². The number of hydrogen-bond acceptors (Lipinski definition) is 0. The third-order valence-electron chi connectivity index (χ3n) is 0.652. The monoisotopic (exact) mass is 306 g/mol. The van der Waals surface area contributed by atoms with E-state index in [-0.39, 0.29) is 0 Å². The molecule has 0 aliphatic carbocycles. The fourth-order valence-electron chi connectivity index (χ4n) is 0.124. The third-order valence-corrected chi connectivity index (χ3v) is 3.37. The van der Waals surface area contributed by atoms with Crippen LogP contribution in [0.2, 0.25) is 0 Å². The van der Waals surface area contributed by atoms with Gasteiger partial charge in [-0.1, -0.05) is 15.9 Å². The topological polar surface area (TPSA) is 0 Å². The minimum absolute atomic E-state index is 1.80. The first kappa shape index (κ1) is 11.0. The van der Waals surface area contributed by atoms with Crippen LogP contribution in [0.15, 0.2) is 0 Å². The summed E-state index contributed by atoms with van der Waals surface area (Å²) >= 11 is 8.88. The Labute approximate surface area is 76.2 Å². The molecule has 0 aliphatic heterocycles. The highest BCUT2D eigenvalue weighted by molar-refractivity contribution is 9.12. The molecule has 2 atom stereocenters. The zero-order valence-electron chi connectivity index (χ0n) is 4.22. The molecule has 0 spiro atoms. The molecule has 0 aromatic carbocycles. The summed E-state index contributed by atoms with van der Waals surface area (Å²) in [5.41, 5.74) is 0. The zero-order chi connectivity index (χ0) is 8.58. The van der Waals surface area contributed by atoms with Gasteiger partial charge in [-0.15, -0.1) is 11.6 Å². The lowest BCUT2D eigenvalue weighted by molar-refractivity contribution is -0.186. The number of alkyl halides is 7. The molecule has 2 unspecified atom stereocenters.